The van der Waals surface area contributed by atoms with Gasteiger partial charge in [-0.2, -0.15) is 0 Å². The van der Waals surface area contributed by atoms with E-state index in [1.165, 1.54) is 4.88 Å². The lowest BCUT2D eigenvalue weighted by Gasteiger charge is -2.26. The fourth-order valence-corrected chi connectivity index (χ4v) is 3.09. The highest BCUT2D eigenvalue weighted by atomic mass is 127. The van der Waals surface area contributed by atoms with Crippen LogP contribution in [0, 0.1) is 19.8 Å². The number of aryl methyl sites for hydroxylation is 2. The van der Waals surface area contributed by atoms with E-state index in [2.05, 4.69) is 34.5 Å². The minimum absolute atomic E-state index is 0. The Bertz CT molecular complexity index is 608. The smallest absolute Gasteiger partial charge is 0.410 e. The molecular formula is C18H34IN5O2S. The normalized spacial score (nSPS) is 12.8. The first-order valence-corrected chi connectivity index (χ1v) is 9.65. The van der Waals surface area contributed by atoms with Crippen LogP contribution >= 0.6 is 35.3 Å². The highest BCUT2D eigenvalue weighted by molar-refractivity contribution is 14.0. The molecule has 1 aromatic rings. The second-order valence-corrected chi connectivity index (χ2v) is 8.81. The van der Waals surface area contributed by atoms with Crippen LogP contribution in [0.4, 0.5) is 4.79 Å². The number of hydrogen-bond acceptors (Lipinski definition) is 5. The summed E-state index contributed by atoms with van der Waals surface area (Å²) in [6.45, 7) is 13.7. The van der Waals surface area contributed by atoms with Gasteiger partial charge in [0.25, 0.3) is 0 Å². The Morgan fingerprint density at radius 2 is 1.96 bits per heavy atom. The summed E-state index contributed by atoms with van der Waals surface area (Å²) in [5, 5.41) is 7.60. The highest BCUT2D eigenvalue weighted by Crippen LogP contribution is 2.15. The summed E-state index contributed by atoms with van der Waals surface area (Å²) < 4.78 is 5.37. The second-order valence-electron chi connectivity index (χ2n) is 7.52. The molecule has 0 saturated heterocycles. The Labute approximate surface area is 184 Å². The summed E-state index contributed by atoms with van der Waals surface area (Å²) in [5.74, 6) is 0.970. The third-order valence-corrected chi connectivity index (χ3v) is 4.69. The monoisotopic (exact) mass is 511 g/mol. The number of amides is 1. The average Bonchev–Trinajstić information content (AvgIpc) is 2.84. The maximum absolute atomic E-state index is 12.0. The van der Waals surface area contributed by atoms with Crippen LogP contribution in [-0.4, -0.2) is 54.7 Å². The van der Waals surface area contributed by atoms with Gasteiger partial charge < -0.3 is 20.3 Å². The van der Waals surface area contributed by atoms with Crippen LogP contribution in [-0.2, 0) is 11.3 Å². The van der Waals surface area contributed by atoms with E-state index in [-0.39, 0.29) is 36.0 Å². The molecule has 27 heavy (non-hydrogen) atoms. The van der Waals surface area contributed by atoms with E-state index in [4.69, 9.17) is 4.74 Å². The largest absolute Gasteiger partial charge is 0.444 e. The van der Waals surface area contributed by atoms with E-state index in [0.717, 1.165) is 16.7 Å². The molecule has 0 aliphatic carbocycles. The maximum Gasteiger partial charge on any atom is 0.410 e. The van der Waals surface area contributed by atoms with Gasteiger partial charge in [0.2, 0.25) is 0 Å². The Morgan fingerprint density at radius 1 is 1.33 bits per heavy atom. The summed E-state index contributed by atoms with van der Waals surface area (Å²) in [6, 6.07) is 0. The Hall–Kier alpha value is -1.10. The van der Waals surface area contributed by atoms with Gasteiger partial charge in [-0.05, 0) is 40.5 Å². The standard InChI is InChI=1S/C18H33N5O2S.HI/c1-12(11-23(8)17(24)25-18(4,5)6)9-20-16(19-7)21-10-15-22-13(2)14(3)26-15;/h12H,9-11H2,1-8H3,(H2,19,20,21);1H. The number of aromatic nitrogens is 1. The quantitative estimate of drug-likeness (QED) is 0.347. The van der Waals surface area contributed by atoms with Crippen LogP contribution in [0.15, 0.2) is 4.99 Å². The molecule has 7 nitrogen and oxygen atoms in total. The lowest BCUT2D eigenvalue weighted by molar-refractivity contribution is 0.0278. The van der Waals surface area contributed by atoms with Gasteiger partial charge in [0.15, 0.2) is 5.96 Å². The van der Waals surface area contributed by atoms with E-state index in [1.807, 2.05) is 27.7 Å². The van der Waals surface area contributed by atoms with Crippen molar-refractivity contribution in [2.24, 2.45) is 10.9 Å². The number of nitrogens with one attached hydrogen (secondary N) is 2. The summed E-state index contributed by atoms with van der Waals surface area (Å²) in [4.78, 5) is 23.6. The Kier molecular flexibility index (Phi) is 11.2. The molecule has 156 valence electrons. The van der Waals surface area contributed by atoms with Gasteiger partial charge >= 0.3 is 6.09 Å². The first kappa shape index (κ1) is 25.9. The van der Waals surface area contributed by atoms with Crippen LogP contribution in [0.2, 0.25) is 0 Å². The van der Waals surface area contributed by atoms with Crippen molar-refractivity contribution in [1.82, 2.24) is 20.5 Å². The average molecular weight is 511 g/mol. The number of thiazole rings is 1. The van der Waals surface area contributed by atoms with Crippen LogP contribution in [0.1, 0.15) is 43.3 Å². The molecule has 1 heterocycles. The fraction of sp³-hybridized carbons (Fsp3) is 0.722. The van der Waals surface area contributed by atoms with Gasteiger partial charge in [0, 0.05) is 32.1 Å². The molecule has 0 fully saturated rings. The van der Waals surface area contributed by atoms with Crippen LogP contribution in [0.25, 0.3) is 0 Å². The van der Waals surface area contributed by atoms with Crippen LogP contribution < -0.4 is 10.6 Å². The van der Waals surface area contributed by atoms with Crippen molar-refractivity contribution in [2.45, 2.75) is 53.7 Å². The highest BCUT2D eigenvalue weighted by Gasteiger charge is 2.20. The molecule has 1 aromatic heterocycles. The number of aliphatic imine (C=N–C) groups is 1. The molecule has 2 N–H and O–H groups in total. The van der Waals surface area contributed by atoms with E-state index >= 15 is 0 Å². The second kappa shape index (κ2) is 11.7. The van der Waals surface area contributed by atoms with Crippen molar-refractivity contribution in [3.05, 3.63) is 15.6 Å². The van der Waals surface area contributed by atoms with Gasteiger partial charge in [-0.1, -0.05) is 6.92 Å². The van der Waals surface area contributed by atoms with Crippen molar-refractivity contribution < 1.29 is 9.53 Å². The lowest BCUT2D eigenvalue weighted by Crippen LogP contribution is -2.42. The molecule has 1 amide bonds. The Balaban J connectivity index is 0.00000676. The van der Waals surface area contributed by atoms with Crippen molar-refractivity contribution in [2.75, 3.05) is 27.2 Å². The maximum atomic E-state index is 12.0. The number of hydrogen-bond donors (Lipinski definition) is 2. The van der Waals surface area contributed by atoms with Gasteiger partial charge in [-0.25, -0.2) is 9.78 Å². The zero-order valence-corrected chi connectivity index (χ0v) is 20.8. The van der Waals surface area contributed by atoms with Crippen molar-refractivity contribution in [1.29, 1.82) is 0 Å². The summed E-state index contributed by atoms with van der Waals surface area (Å²) in [5.41, 5.74) is 0.597. The van der Waals surface area contributed by atoms with Gasteiger partial charge in [0.1, 0.15) is 10.6 Å². The summed E-state index contributed by atoms with van der Waals surface area (Å²) in [6.07, 6.45) is -0.304. The van der Waals surface area contributed by atoms with E-state index in [0.29, 0.717) is 19.6 Å². The third-order valence-electron chi connectivity index (χ3n) is 3.61. The van der Waals surface area contributed by atoms with Crippen molar-refractivity contribution >= 4 is 47.4 Å². The minimum Gasteiger partial charge on any atom is -0.444 e. The molecule has 0 radical (unpaired) electrons. The van der Waals surface area contributed by atoms with E-state index < -0.39 is 5.60 Å². The fourth-order valence-electron chi connectivity index (χ4n) is 2.21. The molecule has 0 bridgehead atoms. The topological polar surface area (TPSA) is 78.9 Å². The molecule has 0 aromatic carbocycles. The molecule has 9 heteroatoms. The van der Waals surface area contributed by atoms with E-state index in [1.54, 1.807) is 30.3 Å². The molecule has 1 unspecified atom stereocenters. The molecule has 1 rings (SSSR count). The Morgan fingerprint density at radius 3 is 2.44 bits per heavy atom. The van der Waals surface area contributed by atoms with Crippen LogP contribution in [0.5, 0.6) is 0 Å². The molecule has 0 spiro atoms. The van der Waals surface area contributed by atoms with Gasteiger partial charge in [-0.3, -0.25) is 4.99 Å². The predicted octanol–water partition coefficient (Wildman–Crippen LogP) is 3.55. The molecule has 0 saturated carbocycles. The van der Waals surface area contributed by atoms with Crippen molar-refractivity contribution in [3.8, 4) is 0 Å². The SMILES string of the molecule is CN=C(NCc1nc(C)c(C)s1)NCC(C)CN(C)C(=O)OC(C)(C)C.I. The number of rotatable bonds is 6. The number of guanidine groups is 1. The summed E-state index contributed by atoms with van der Waals surface area (Å²) in [7, 11) is 3.50. The number of ether oxygens (including phenoxy) is 1. The minimum atomic E-state index is -0.481. The number of nitrogens with zero attached hydrogens (tertiary/aromatic N) is 3. The zero-order valence-electron chi connectivity index (χ0n) is 17.7. The van der Waals surface area contributed by atoms with Crippen LogP contribution in [0.3, 0.4) is 0 Å². The number of carbonyl (C=O) groups excluding carboxylic acids is 1. The van der Waals surface area contributed by atoms with E-state index in [9.17, 15) is 4.79 Å². The first-order valence-electron chi connectivity index (χ1n) is 8.83. The summed E-state index contributed by atoms with van der Waals surface area (Å²) >= 11 is 1.69. The molecule has 0 aliphatic rings. The molecular weight excluding hydrogens is 477 g/mol. The van der Waals surface area contributed by atoms with Gasteiger partial charge in [0.05, 0.1) is 12.2 Å². The number of carbonyl (C=O) groups is 1. The molecule has 0 aliphatic heterocycles. The van der Waals surface area contributed by atoms with Crippen molar-refractivity contribution in [3.63, 3.8) is 0 Å². The van der Waals surface area contributed by atoms with Gasteiger partial charge in [-0.15, -0.1) is 35.3 Å². The number of halogens is 1. The first-order chi connectivity index (χ1) is 12.0. The zero-order chi connectivity index (χ0) is 19.9. The lowest BCUT2D eigenvalue weighted by atomic mass is 10.1. The predicted molar refractivity (Wildman–Crippen MR) is 123 cm³/mol. The third kappa shape index (κ3) is 10.1. The molecule has 1 atom stereocenters.